The quantitative estimate of drug-likeness (QED) is 0.802. The van der Waals surface area contributed by atoms with Crippen molar-refractivity contribution >= 4 is 11.7 Å². The third-order valence-electron chi connectivity index (χ3n) is 5.21. The molecule has 10 heteroatoms. The maximum absolute atomic E-state index is 13.8. The molecule has 2 aromatic rings. The molecule has 3 heterocycles. The topological polar surface area (TPSA) is 77.4 Å². The number of hydrogen-bond donors (Lipinski definition) is 2. The molecule has 0 saturated heterocycles. The molecule has 0 radical (unpaired) electrons. The number of carbonyl (C=O) groups is 1. The molecule has 0 aliphatic carbocycles. The van der Waals surface area contributed by atoms with E-state index in [-0.39, 0.29) is 30.8 Å². The number of anilines is 1. The molecule has 0 saturated carbocycles. The van der Waals surface area contributed by atoms with Crippen molar-refractivity contribution in [3.63, 3.8) is 0 Å². The number of ether oxygens (including phenoxy) is 2. The van der Waals surface area contributed by atoms with E-state index in [1.807, 2.05) is 13.8 Å². The van der Waals surface area contributed by atoms with Gasteiger partial charge in [-0.2, -0.15) is 18.3 Å². The van der Waals surface area contributed by atoms with Crippen LogP contribution in [0.3, 0.4) is 0 Å². The third kappa shape index (κ3) is 3.70. The van der Waals surface area contributed by atoms with Crippen molar-refractivity contribution in [3.05, 3.63) is 35.5 Å². The molecule has 2 aliphatic rings. The van der Waals surface area contributed by atoms with Crippen molar-refractivity contribution in [1.82, 2.24) is 15.1 Å². The lowest BCUT2D eigenvalue weighted by Crippen LogP contribution is -2.36. The van der Waals surface area contributed by atoms with E-state index in [2.05, 4.69) is 15.7 Å². The first-order valence-electron chi connectivity index (χ1n) is 9.39. The van der Waals surface area contributed by atoms with Gasteiger partial charge in [-0.25, -0.2) is 4.68 Å². The van der Waals surface area contributed by atoms with Crippen LogP contribution in [0.1, 0.15) is 54.8 Å². The Morgan fingerprint density at radius 3 is 2.83 bits per heavy atom. The molecule has 2 N–H and O–H groups in total. The van der Waals surface area contributed by atoms with Gasteiger partial charge in [0.1, 0.15) is 5.82 Å². The summed E-state index contributed by atoms with van der Waals surface area (Å²) in [5.74, 6) is 0.714. The molecular weight excluding hydrogens is 389 g/mol. The van der Waals surface area contributed by atoms with Crippen LogP contribution in [0.4, 0.5) is 19.0 Å². The van der Waals surface area contributed by atoms with Crippen LogP contribution in [0.5, 0.6) is 11.5 Å². The SMILES string of the molecule is CC[C@H](C)NC(=O)c1cc2n(n1)[C@@H](C(F)(F)F)C[C@H](c1ccc3c(c1)OCO3)N2. The highest BCUT2D eigenvalue weighted by Crippen LogP contribution is 2.45. The number of amides is 1. The van der Waals surface area contributed by atoms with Crippen molar-refractivity contribution in [1.29, 1.82) is 0 Å². The average molecular weight is 410 g/mol. The second-order valence-corrected chi connectivity index (χ2v) is 7.24. The number of halogens is 3. The summed E-state index contributed by atoms with van der Waals surface area (Å²) in [6.45, 7) is 3.81. The molecule has 1 aromatic carbocycles. The van der Waals surface area contributed by atoms with Gasteiger partial charge in [0.25, 0.3) is 5.91 Å². The molecule has 156 valence electrons. The van der Waals surface area contributed by atoms with Crippen molar-refractivity contribution < 1.29 is 27.4 Å². The van der Waals surface area contributed by atoms with Crippen LogP contribution >= 0.6 is 0 Å². The molecule has 7 nitrogen and oxygen atoms in total. The zero-order chi connectivity index (χ0) is 20.8. The van der Waals surface area contributed by atoms with Gasteiger partial charge in [0, 0.05) is 18.5 Å². The highest BCUT2D eigenvalue weighted by atomic mass is 19.4. The first kappa shape index (κ1) is 19.4. The number of rotatable bonds is 4. The Morgan fingerprint density at radius 1 is 1.34 bits per heavy atom. The molecule has 0 spiro atoms. The van der Waals surface area contributed by atoms with Crippen LogP contribution in [0, 0.1) is 0 Å². The summed E-state index contributed by atoms with van der Waals surface area (Å²) in [7, 11) is 0. The summed E-state index contributed by atoms with van der Waals surface area (Å²) in [6, 6.07) is 3.85. The van der Waals surface area contributed by atoms with Gasteiger partial charge in [-0.3, -0.25) is 4.79 Å². The second kappa shape index (κ2) is 7.16. The molecule has 2 aliphatic heterocycles. The molecular formula is C19H21F3N4O3. The zero-order valence-corrected chi connectivity index (χ0v) is 15.9. The number of fused-ring (bicyclic) bond motifs is 2. The van der Waals surface area contributed by atoms with E-state index in [0.29, 0.717) is 23.5 Å². The fourth-order valence-corrected chi connectivity index (χ4v) is 3.43. The largest absolute Gasteiger partial charge is 0.454 e. The van der Waals surface area contributed by atoms with Crippen molar-refractivity contribution in [3.8, 4) is 11.5 Å². The Labute approximate surface area is 165 Å². The molecule has 1 aromatic heterocycles. The van der Waals surface area contributed by atoms with Crippen molar-refractivity contribution in [2.75, 3.05) is 12.1 Å². The lowest BCUT2D eigenvalue weighted by molar-refractivity contribution is -0.173. The summed E-state index contributed by atoms with van der Waals surface area (Å²) in [6.07, 6.45) is -4.07. The van der Waals surface area contributed by atoms with Crippen molar-refractivity contribution in [2.24, 2.45) is 0 Å². The van der Waals surface area contributed by atoms with Crippen LogP contribution < -0.4 is 20.1 Å². The van der Waals surface area contributed by atoms with Gasteiger partial charge in [-0.05, 0) is 31.0 Å². The fourth-order valence-electron chi connectivity index (χ4n) is 3.43. The maximum Gasteiger partial charge on any atom is 0.410 e. The first-order chi connectivity index (χ1) is 13.8. The van der Waals surface area contributed by atoms with E-state index in [0.717, 1.165) is 4.68 Å². The van der Waals surface area contributed by atoms with E-state index >= 15 is 0 Å². The van der Waals surface area contributed by atoms with Gasteiger partial charge in [0.2, 0.25) is 6.79 Å². The minimum atomic E-state index is -4.51. The molecule has 0 unspecified atom stereocenters. The third-order valence-corrected chi connectivity index (χ3v) is 5.21. The normalized spacial score (nSPS) is 21.3. The van der Waals surface area contributed by atoms with E-state index in [9.17, 15) is 18.0 Å². The Balaban J connectivity index is 1.65. The standard InChI is InChI=1S/C19H21F3N4O3/c1-3-10(2)23-18(27)13-8-17-24-12(7-16(19(20,21)22)26(17)25-13)11-4-5-14-15(6-11)29-9-28-14/h4-6,8,10,12,16,24H,3,7,9H2,1-2H3,(H,23,27)/t10-,12+,16+/m0/s1. The van der Waals surface area contributed by atoms with Gasteiger partial charge in [0.15, 0.2) is 23.2 Å². The van der Waals surface area contributed by atoms with Crippen molar-refractivity contribution in [2.45, 2.75) is 51.0 Å². The van der Waals surface area contributed by atoms with Crippen LogP contribution in [0.15, 0.2) is 24.3 Å². The van der Waals surface area contributed by atoms with Crippen LogP contribution in [0.25, 0.3) is 0 Å². The maximum atomic E-state index is 13.8. The number of hydrogen-bond acceptors (Lipinski definition) is 5. The molecule has 4 rings (SSSR count). The monoisotopic (exact) mass is 410 g/mol. The Kier molecular flexibility index (Phi) is 4.79. The zero-order valence-electron chi connectivity index (χ0n) is 15.9. The van der Waals surface area contributed by atoms with E-state index < -0.39 is 24.2 Å². The van der Waals surface area contributed by atoms with Gasteiger partial charge in [0.05, 0.1) is 6.04 Å². The first-order valence-corrected chi connectivity index (χ1v) is 9.39. The van der Waals surface area contributed by atoms with Gasteiger partial charge < -0.3 is 20.1 Å². The average Bonchev–Trinajstić information content (AvgIpc) is 3.32. The number of nitrogens with zero attached hydrogens (tertiary/aromatic N) is 2. The number of alkyl halides is 3. The van der Waals surface area contributed by atoms with E-state index in [4.69, 9.17) is 9.47 Å². The highest BCUT2D eigenvalue weighted by molar-refractivity contribution is 5.93. The Morgan fingerprint density at radius 2 is 2.10 bits per heavy atom. The van der Waals surface area contributed by atoms with E-state index in [1.165, 1.54) is 6.07 Å². The molecule has 3 atom stereocenters. The summed E-state index contributed by atoms with van der Waals surface area (Å²) in [4.78, 5) is 12.3. The van der Waals surface area contributed by atoms with Crippen LogP contribution in [0.2, 0.25) is 0 Å². The smallest absolute Gasteiger partial charge is 0.410 e. The lowest BCUT2D eigenvalue weighted by atomic mass is 9.96. The summed E-state index contributed by atoms with van der Waals surface area (Å²) < 4.78 is 52.8. The summed E-state index contributed by atoms with van der Waals surface area (Å²) in [5.41, 5.74) is 0.593. The predicted octanol–water partition coefficient (Wildman–Crippen LogP) is 3.80. The van der Waals surface area contributed by atoms with Gasteiger partial charge in [-0.1, -0.05) is 13.0 Å². The number of benzene rings is 1. The molecule has 1 amide bonds. The van der Waals surface area contributed by atoms with Gasteiger partial charge >= 0.3 is 6.18 Å². The Hall–Kier alpha value is -2.91. The van der Waals surface area contributed by atoms with Gasteiger partial charge in [-0.15, -0.1) is 0 Å². The van der Waals surface area contributed by atoms with Crippen LogP contribution in [-0.4, -0.2) is 34.7 Å². The lowest BCUT2D eigenvalue weighted by Gasteiger charge is -2.33. The molecule has 29 heavy (non-hydrogen) atoms. The number of carbonyl (C=O) groups excluding carboxylic acids is 1. The summed E-state index contributed by atoms with van der Waals surface area (Å²) in [5, 5.41) is 9.75. The summed E-state index contributed by atoms with van der Waals surface area (Å²) >= 11 is 0. The van der Waals surface area contributed by atoms with E-state index in [1.54, 1.807) is 18.2 Å². The minimum Gasteiger partial charge on any atom is -0.454 e. The Bertz CT molecular complexity index is 928. The highest BCUT2D eigenvalue weighted by Gasteiger charge is 2.47. The number of aromatic nitrogens is 2. The predicted molar refractivity (Wildman–Crippen MR) is 98.1 cm³/mol. The number of nitrogens with one attached hydrogen (secondary N) is 2. The fraction of sp³-hybridized carbons (Fsp3) is 0.474. The molecule has 0 bridgehead atoms. The second-order valence-electron chi connectivity index (χ2n) is 7.24. The molecule has 0 fully saturated rings. The minimum absolute atomic E-state index is 0.0478. The van der Waals surface area contributed by atoms with Crippen LogP contribution in [-0.2, 0) is 0 Å².